The maximum Gasteiger partial charge on any atom is 0.337 e. The van der Waals surface area contributed by atoms with Crippen molar-refractivity contribution in [3.8, 4) is 11.3 Å². The van der Waals surface area contributed by atoms with Gasteiger partial charge in [-0.1, -0.05) is 24.3 Å². The van der Waals surface area contributed by atoms with E-state index in [0.717, 1.165) is 42.5 Å². The minimum Gasteiger partial charge on any atom is -0.465 e. The molecule has 2 amide bonds. The van der Waals surface area contributed by atoms with Crippen LogP contribution in [0.1, 0.15) is 63.8 Å². The van der Waals surface area contributed by atoms with Crippen molar-refractivity contribution in [2.24, 2.45) is 23.3 Å². The van der Waals surface area contributed by atoms with E-state index in [0.29, 0.717) is 35.8 Å². The summed E-state index contributed by atoms with van der Waals surface area (Å²) in [7, 11) is 1.35. The van der Waals surface area contributed by atoms with Crippen molar-refractivity contribution in [1.82, 2.24) is 15.3 Å². The maximum atomic E-state index is 13.3. The number of aromatic amines is 1. The van der Waals surface area contributed by atoms with Gasteiger partial charge in [-0.15, -0.1) is 0 Å². The lowest BCUT2D eigenvalue weighted by Gasteiger charge is -2.28. The van der Waals surface area contributed by atoms with Crippen LogP contribution >= 0.6 is 0 Å². The van der Waals surface area contributed by atoms with E-state index in [1.807, 2.05) is 6.07 Å². The molecule has 6 N–H and O–H groups in total. The van der Waals surface area contributed by atoms with E-state index in [9.17, 15) is 14.4 Å². The first-order valence-corrected chi connectivity index (χ1v) is 12.5. The molecule has 0 aliphatic heterocycles. The summed E-state index contributed by atoms with van der Waals surface area (Å²) in [5.41, 5.74) is 14.5. The number of nitrogens with one attached hydrogen (secondary N) is 2. The molecule has 194 valence electrons. The van der Waals surface area contributed by atoms with Gasteiger partial charge in [0.15, 0.2) is 0 Å². The van der Waals surface area contributed by atoms with Crippen molar-refractivity contribution in [3.05, 3.63) is 77.2 Å². The molecule has 0 bridgehead atoms. The SMILES string of the molecule is COC(=O)c1cccc(CC(NC(=O)C2CCC(CN)CC2)c2ncc(-c3ccc(C(N)=O)cc3)[nH]2)c1. The third kappa shape index (κ3) is 6.42. The molecule has 9 nitrogen and oxygen atoms in total. The minimum absolute atomic E-state index is 0.00615. The lowest BCUT2D eigenvalue weighted by molar-refractivity contribution is -0.127. The van der Waals surface area contributed by atoms with Crippen LogP contribution < -0.4 is 16.8 Å². The molecule has 4 rings (SSSR count). The number of amides is 2. The molecule has 1 aliphatic carbocycles. The first-order chi connectivity index (χ1) is 17.9. The number of benzene rings is 2. The average Bonchev–Trinajstić information content (AvgIpc) is 3.43. The standard InChI is InChI=1S/C28H33N5O4/c1-37-28(36)22-4-2-3-18(13-22)14-23(33-27(35)21-7-5-17(15-29)6-8-21)26-31-16-24(32-26)19-9-11-20(12-10-19)25(30)34/h2-4,9-13,16-17,21,23H,5-8,14-15,29H2,1H3,(H2,30,34)(H,31,32)(H,33,35). The summed E-state index contributed by atoms with van der Waals surface area (Å²) in [5.74, 6) is 0.0971. The van der Waals surface area contributed by atoms with Gasteiger partial charge in [0.2, 0.25) is 11.8 Å². The number of primary amides is 1. The van der Waals surface area contributed by atoms with Gasteiger partial charge >= 0.3 is 5.97 Å². The topological polar surface area (TPSA) is 153 Å². The minimum atomic E-state index is -0.491. The van der Waals surface area contributed by atoms with Crippen molar-refractivity contribution in [1.29, 1.82) is 0 Å². The van der Waals surface area contributed by atoms with Crippen molar-refractivity contribution in [2.75, 3.05) is 13.7 Å². The average molecular weight is 504 g/mol. The fraction of sp³-hybridized carbons (Fsp3) is 0.357. The number of rotatable bonds is 9. The van der Waals surface area contributed by atoms with Gasteiger partial charge in [0.25, 0.3) is 0 Å². The molecule has 3 aromatic rings. The second-order valence-corrected chi connectivity index (χ2v) is 9.53. The van der Waals surface area contributed by atoms with Gasteiger partial charge in [-0.2, -0.15) is 0 Å². The third-order valence-corrected chi connectivity index (χ3v) is 7.06. The summed E-state index contributed by atoms with van der Waals surface area (Å²) in [6, 6.07) is 13.6. The van der Waals surface area contributed by atoms with Crippen molar-refractivity contribution in [3.63, 3.8) is 0 Å². The van der Waals surface area contributed by atoms with E-state index >= 15 is 0 Å². The predicted molar refractivity (Wildman–Crippen MR) is 139 cm³/mol. The Hall–Kier alpha value is -3.98. The summed E-state index contributed by atoms with van der Waals surface area (Å²) >= 11 is 0. The van der Waals surface area contributed by atoms with Gasteiger partial charge < -0.3 is 26.5 Å². The van der Waals surface area contributed by atoms with Crippen LogP contribution in [0.2, 0.25) is 0 Å². The Kier molecular flexibility index (Phi) is 8.35. The first kappa shape index (κ1) is 26.1. The highest BCUT2D eigenvalue weighted by Crippen LogP contribution is 2.29. The van der Waals surface area contributed by atoms with Crippen LogP contribution in [0.5, 0.6) is 0 Å². The zero-order valence-electron chi connectivity index (χ0n) is 20.9. The Morgan fingerprint density at radius 2 is 1.81 bits per heavy atom. The third-order valence-electron chi connectivity index (χ3n) is 7.06. The second-order valence-electron chi connectivity index (χ2n) is 9.53. The van der Waals surface area contributed by atoms with Crippen molar-refractivity contribution >= 4 is 17.8 Å². The Morgan fingerprint density at radius 1 is 1.08 bits per heavy atom. The van der Waals surface area contributed by atoms with Gasteiger partial charge in [0, 0.05) is 11.5 Å². The molecule has 1 saturated carbocycles. The summed E-state index contributed by atoms with van der Waals surface area (Å²) in [5, 5.41) is 3.19. The molecule has 0 radical (unpaired) electrons. The molecule has 2 aromatic carbocycles. The normalized spacial score (nSPS) is 18.1. The molecule has 0 spiro atoms. The Labute approximate surface area is 216 Å². The fourth-order valence-electron chi connectivity index (χ4n) is 4.82. The molecule has 1 heterocycles. The summed E-state index contributed by atoms with van der Waals surface area (Å²) in [6.07, 6.45) is 5.66. The molecule has 1 aliphatic rings. The summed E-state index contributed by atoms with van der Waals surface area (Å²) in [6.45, 7) is 0.656. The number of carbonyl (C=O) groups is 3. The van der Waals surface area contributed by atoms with Crippen LogP contribution in [0, 0.1) is 11.8 Å². The highest BCUT2D eigenvalue weighted by atomic mass is 16.5. The van der Waals surface area contributed by atoms with Crippen LogP contribution in [0.25, 0.3) is 11.3 Å². The number of hydrogen-bond donors (Lipinski definition) is 4. The number of H-pyrrole nitrogens is 1. The zero-order valence-corrected chi connectivity index (χ0v) is 20.9. The van der Waals surface area contributed by atoms with Crippen LogP contribution in [0.4, 0.5) is 0 Å². The number of esters is 1. The Bertz CT molecular complexity index is 1250. The summed E-state index contributed by atoms with van der Waals surface area (Å²) in [4.78, 5) is 44.6. The monoisotopic (exact) mass is 503 g/mol. The van der Waals surface area contributed by atoms with E-state index in [2.05, 4.69) is 15.3 Å². The number of nitrogens with zero attached hydrogens (tertiary/aromatic N) is 1. The molecule has 1 atom stereocenters. The first-order valence-electron chi connectivity index (χ1n) is 12.5. The highest BCUT2D eigenvalue weighted by molar-refractivity contribution is 5.93. The number of methoxy groups -OCH3 is 1. The number of carbonyl (C=O) groups excluding carboxylic acids is 3. The Balaban J connectivity index is 1.57. The van der Waals surface area contributed by atoms with Gasteiger partial charge in [0.1, 0.15) is 5.82 Å². The number of ether oxygens (including phenoxy) is 1. The van der Waals surface area contributed by atoms with Crippen LogP contribution in [0.15, 0.2) is 54.7 Å². The van der Waals surface area contributed by atoms with Crippen LogP contribution in [-0.2, 0) is 16.0 Å². The molecule has 37 heavy (non-hydrogen) atoms. The molecule has 9 heteroatoms. The van der Waals surface area contributed by atoms with E-state index in [1.165, 1.54) is 7.11 Å². The highest BCUT2D eigenvalue weighted by Gasteiger charge is 2.28. The predicted octanol–water partition coefficient (Wildman–Crippen LogP) is 3.13. The maximum absolute atomic E-state index is 13.3. The number of hydrogen-bond acceptors (Lipinski definition) is 6. The number of nitrogens with two attached hydrogens (primary N) is 2. The van der Waals surface area contributed by atoms with Gasteiger partial charge in [-0.05, 0) is 80.0 Å². The van der Waals surface area contributed by atoms with Gasteiger partial charge in [-0.3, -0.25) is 9.59 Å². The molecule has 0 saturated heterocycles. The fourth-order valence-corrected chi connectivity index (χ4v) is 4.82. The number of aromatic nitrogens is 2. The zero-order chi connectivity index (χ0) is 26.4. The lowest BCUT2D eigenvalue weighted by Crippen LogP contribution is -2.37. The van der Waals surface area contributed by atoms with E-state index in [1.54, 1.807) is 48.7 Å². The lowest BCUT2D eigenvalue weighted by atomic mass is 9.81. The van der Waals surface area contributed by atoms with Crippen molar-refractivity contribution in [2.45, 2.75) is 38.1 Å². The quantitative estimate of drug-likeness (QED) is 0.329. The van der Waals surface area contributed by atoms with Crippen LogP contribution in [-0.4, -0.2) is 41.4 Å². The second kappa shape index (κ2) is 11.8. The molecule has 1 unspecified atom stereocenters. The van der Waals surface area contributed by atoms with E-state index in [4.69, 9.17) is 16.2 Å². The Morgan fingerprint density at radius 3 is 2.46 bits per heavy atom. The molecular formula is C28H33N5O4. The molecule has 1 aromatic heterocycles. The van der Waals surface area contributed by atoms with Crippen LogP contribution in [0.3, 0.4) is 0 Å². The number of imidazole rings is 1. The van der Waals surface area contributed by atoms with Crippen molar-refractivity contribution < 1.29 is 19.1 Å². The van der Waals surface area contributed by atoms with Gasteiger partial charge in [0.05, 0.1) is 30.6 Å². The smallest absolute Gasteiger partial charge is 0.337 e. The van der Waals surface area contributed by atoms with E-state index in [-0.39, 0.29) is 11.8 Å². The van der Waals surface area contributed by atoms with E-state index < -0.39 is 17.9 Å². The molecule has 1 fully saturated rings. The molecular weight excluding hydrogens is 470 g/mol. The van der Waals surface area contributed by atoms with Gasteiger partial charge in [-0.25, -0.2) is 9.78 Å². The summed E-state index contributed by atoms with van der Waals surface area (Å²) < 4.78 is 4.85. The largest absolute Gasteiger partial charge is 0.465 e.